The molecule has 0 radical (unpaired) electrons. The molecule has 0 unspecified atom stereocenters. The number of benzene rings is 1. The van der Waals surface area contributed by atoms with Crippen LogP contribution >= 0.6 is 11.3 Å². The van der Waals surface area contributed by atoms with Gasteiger partial charge in [0.2, 0.25) is 11.0 Å². The van der Waals surface area contributed by atoms with Crippen LogP contribution in [-0.2, 0) is 17.6 Å². The van der Waals surface area contributed by atoms with E-state index >= 15 is 0 Å². The van der Waals surface area contributed by atoms with E-state index in [-0.39, 0.29) is 18.0 Å². The number of carbonyl (C=O) groups excluding carboxylic acids is 1. The summed E-state index contributed by atoms with van der Waals surface area (Å²) in [7, 11) is 0. The average molecular weight is 370 g/mol. The van der Waals surface area contributed by atoms with Crippen molar-refractivity contribution in [3.05, 3.63) is 70.8 Å². The largest absolute Gasteiger partial charge is 0.323 e. The van der Waals surface area contributed by atoms with Crippen LogP contribution in [0.1, 0.15) is 22.6 Å². The number of hydrogen-bond donors (Lipinski definition) is 1. The lowest BCUT2D eigenvalue weighted by Gasteiger charge is -2.04. The van der Waals surface area contributed by atoms with Crippen LogP contribution in [0, 0.1) is 19.7 Å². The Morgan fingerprint density at radius 1 is 1.38 bits per heavy atom. The lowest BCUT2D eigenvalue weighted by molar-refractivity contribution is -0.115. The summed E-state index contributed by atoms with van der Waals surface area (Å²) in [5.74, 6) is -0.773. The molecule has 26 heavy (non-hydrogen) atoms. The third-order valence-corrected chi connectivity index (χ3v) is 4.87. The maximum absolute atomic E-state index is 13.6. The molecule has 0 aliphatic heterocycles. The molecule has 1 amide bonds. The number of allylic oxidation sites excluding steroid dienone is 1. The molecule has 0 fully saturated rings. The summed E-state index contributed by atoms with van der Waals surface area (Å²) in [5.41, 5.74) is 3.88. The first-order chi connectivity index (χ1) is 12.5. The van der Waals surface area contributed by atoms with Crippen molar-refractivity contribution >= 4 is 22.9 Å². The number of amides is 1. The Bertz CT molecular complexity index is 960. The minimum Gasteiger partial charge on any atom is -0.323 e. The highest BCUT2D eigenvalue weighted by Crippen LogP contribution is 2.22. The van der Waals surface area contributed by atoms with Gasteiger partial charge in [0.05, 0.1) is 23.5 Å². The van der Waals surface area contributed by atoms with Crippen molar-refractivity contribution in [2.24, 2.45) is 0 Å². The number of anilines is 1. The third-order valence-electron chi connectivity index (χ3n) is 4.00. The number of nitrogens with one attached hydrogen (secondary N) is 1. The van der Waals surface area contributed by atoms with Gasteiger partial charge in [-0.25, -0.2) is 14.1 Å². The number of rotatable bonds is 6. The first kappa shape index (κ1) is 18.0. The van der Waals surface area contributed by atoms with Gasteiger partial charge in [0.15, 0.2) is 0 Å². The van der Waals surface area contributed by atoms with E-state index in [1.54, 1.807) is 16.8 Å². The van der Waals surface area contributed by atoms with E-state index < -0.39 is 5.82 Å². The van der Waals surface area contributed by atoms with Gasteiger partial charge >= 0.3 is 0 Å². The number of carbonyl (C=O) groups is 1. The number of aryl methyl sites for hydroxylation is 1. The summed E-state index contributed by atoms with van der Waals surface area (Å²) in [6.07, 6.45) is 2.67. The third kappa shape index (κ3) is 3.72. The van der Waals surface area contributed by atoms with Crippen molar-refractivity contribution in [1.29, 1.82) is 0 Å². The van der Waals surface area contributed by atoms with Crippen LogP contribution in [0.3, 0.4) is 0 Å². The molecule has 2 heterocycles. The summed E-state index contributed by atoms with van der Waals surface area (Å²) in [6.45, 7) is 7.72. The van der Waals surface area contributed by atoms with Crippen LogP contribution < -0.4 is 5.32 Å². The molecule has 0 atom stereocenters. The van der Waals surface area contributed by atoms with E-state index in [2.05, 4.69) is 22.0 Å². The quantitative estimate of drug-likeness (QED) is 0.668. The Hall–Kier alpha value is -2.80. The number of para-hydroxylation sites is 1. The predicted octanol–water partition coefficient (Wildman–Crippen LogP) is 3.99. The topological polar surface area (TPSA) is 59.8 Å². The molecule has 0 saturated heterocycles. The zero-order valence-electron chi connectivity index (χ0n) is 14.6. The van der Waals surface area contributed by atoms with Crippen LogP contribution in [0.2, 0.25) is 0 Å². The van der Waals surface area contributed by atoms with Gasteiger partial charge in [-0.3, -0.25) is 4.79 Å². The fraction of sp³-hybridized carbons (Fsp3) is 0.211. The van der Waals surface area contributed by atoms with Crippen molar-refractivity contribution in [2.45, 2.75) is 26.7 Å². The molecule has 7 heteroatoms. The fourth-order valence-corrected chi connectivity index (χ4v) is 3.52. The number of halogens is 1. The Morgan fingerprint density at radius 3 is 2.88 bits per heavy atom. The molecule has 0 spiro atoms. The minimum absolute atomic E-state index is 0.0731. The van der Waals surface area contributed by atoms with Gasteiger partial charge in [-0.15, -0.1) is 17.9 Å². The van der Waals surface area contributed by atoms with Gasteiger partial charge in [-0.1, -0.05) is 18.2 Å². The van der Waals surface area contributed by atoms with Crippen molar-refractivity contribution in [3.63, 3.8) is 0 Å². The van der Waals surface area contributed by atoms with E-state index in [0.29, 0.717) is 10.8 Å². The molecule has 3 rings (SSSR count). The normalized spacial score (nSPS) is 10.7. The average Bonchev–Trinajstić information content (AvgIpc) is 3.16. The zero-order chi connectivity index (χ0) is 18.7. The fourth-order valence-electron chi connectivity index (χ4n) is 2.70. The highest BCUT2D eigenvalue weighted by atomic mass is 32.1. The predicted molar refractivity (Wildman–Crippen MR) is 101 cm³/mol. The van der Waals surface area contributed by atoms with E-state index in [4.69, 9.17) is 0 Å². The van der Waals surface area contributed by atoms with Crippen LogP contribution in [0.25, 0.3) is 5.13 Å². The van der Waals surface area contributed by atoms with Crippen molar-refractivity contribution in [3.8, 4) is 5.13 Å². The van der Waals surface area contributed by atoms with Gasteiger partial charge in [-0.2, -0.15) is 5.10 Å². The molecule has 0 saturated carbocycles. The Balaban J connectivity index is 1.74. The molecular weight excluding hydrogens is 351 g/mol. The second-order valence-electron chi connectivity index (χ2n) is 5.88. The molecular formula is C19H19FN4OS. The number of aromatic nitrogens is 3. The summed E-state index contributed by atoms with van der Waals surface area (Å²) in [4.78, 5) is 16.6. The van der Waals surface area contributed by atoms with Crippen molar-refractivity contribution < 1.29 is 9.18 Å². The molecule has 1 N–H and O–H groups in total. The zero-order valence-corrected chi connectivity index (χ0v) is 15.4. The second kappa shape index (κ2) is 7.61. The Kier molecular flexibility index (Phi) is 5.27. The van der Waals surface area contributed by atoms with E-state index in [1.807, 2.05) is 25.3 Å². The molecule has 0 aliphatic carbocycles. The molecule has 134 valence electrons. The summed E-state index contributed by atoms with van der Waals surface area (Å²) >= 11 is 1.42. The first-order valence-corrected chi connectivity index (χ1v) is 9.02. The number of nitrogens with zero attached hydrogens (tertiary/aromatic N) is 3. The van der Waals surface area contributed by atoms with E-state index in [1.165, 1.54) is 23.5 Å². The minimum atomic E-state index is -0.461. The Labute approximate surface area is 155 Å². The smallest absolute Gasteiger partial charge is 0.230 e. The van der Waals surface area contributed by atoms with Gasteiger partial charge < -0.3 is 5.32 Å². The second-order valence-corrected chi connectivity index (χ2v) is 6.72. The Morgan fingerprint density at radius 2 is 2.15 bits per heavy atom. The molecule has 0 bridgehead atoms. The monoisotopic (exact) mass is 370 g/mol. The highest BCUT2D eigenvalue weighted by molar-refractivity contribution is 7.12. The lowest BCUT2D eigenvalue weighted by atomic mass is 10.1. The molecule has 1 aromatic carbocycles. The van der Waals surface area contributed by atoms with Crippen LogP contribution in [-0.4, -0.2) is 20.7 Å². The van der Waals surface area contributed by atoms with Crippen LogP contribution in [0.4, 0.5) is 10.1 Å². The number of hydrogen-bond acceptors (Lipinski definition) is 4. The first-order valence-electron chi connectivity index (χ1n) is 8.14. The van der Waals surface area contributed by atoms with Crippen molar-refractivity contribution in [1.82, 2.24) is 14.8 Å². The maximum atomic E-state index is 13.6. The molecule has 0 aliphatic rings. The highest BCUT2D eigenvalue weighted by Gasteiger charge is 2.15. The molecule has 3 aromatic rings. The SMILES string of the molecule is C=CCc1c(C)nn(-c2nc(CC(=O)Nc3ccccc3F)cs2)c1C. The van der Waals surface area contributed by atoms with Gasteiger partial charge in [-0.05, 0) is 32.4 Å². The van der Waals surface area contributed by atoms with E-state index in [9.17, 15) is 9.18 Å². The molecule has 5 nitrogen and oxygen atoms in total. The summed E-state index contributed by atoms with van der Waals surface area (Å²) in [5, 5.41) is 9.63. The van der Waals surface area contributed by atoms with Crippen LogP contribution in [0.5, 0.6) is 0 Å². The maximum Gasteiger partial charge on any atom is 0.230 e. The van der Waals surface area contributed by atoms with E-state index in [0.717, 1.165) is 23.4 Å². The van der Waals surface area contributed by atoms with Crippen molar-refractivity contribution in [2.75, 3.05) is 5.32 Å². The molecule has 2 aromatic heterocycles. The summed E-state index contributed by atoms with van der Waals surface area (Å²) in [6, 6.07) is 6.08. The summed E-state index contributed by atoms with van der Waals surface area (Å²) < 4.78 is 15.4. The number of thiazole rings is 1. The van der Waals surface area contributed by atoms with Gasteiger partial charge in [0.1, 0.15) is 5.82 Å². The van der Waals surface area contributed by atoms with Gasteiger partial charge in [0.25, 0.3) is 0 Å². The van der Waals surface area contributed by atoms with Crippen LogP contribution in [0.15, 0.2) is 42.3 Å². The van der Waals surface area contributed by atoms with Gasteiger partial charge in [0, 0.05) is 16.6 Å². The standard InChI is InChI=1S/C19H19FN4OS/c1-4-7-15-12(2)23-24(13(15)3)19-21-14(11-26-19)10-18(25)22-17-9-6-5-8-16(17)20/h4-6,8-9,11H,1,7,10H2,2-3H3,(H,22,25). The lowest BCUT2D eigenvalue weighted by Crippen LogP contribution is -2.15.